The van der Waals surface area contributed by atoms with Crippen LogP contribution in [0.3, 0.4) is 0 Å². The fourth-order valence-corrected chi connectivity index (χ4v) is 1.62. The van der Waals surface area contributed by atoms with E-state index in [9.17, 15) is 4.79 Å². The third-order valence-electron chi connectivity index (χ3n) is 1.94. The number of benzene rings is 1. The summed E-state index contributed by atoms with van der Waals surface area (Å²) in [6.45, 7) is 0. The second-order valence-corrected chi connectivity index (χ2v) is 4.20. The largest absolute Gasteiger partial charge is 0.386 e. The molecule has 2 N–H and O–H groups in total. The van der Waals surface area contributed by atoms with Crippen LogP contribution in [0.5, 0.6) is 0 Å². The van der Waals surface area contributed by atoms with Gasteiger partial charge in [0.25, 0.3) is 0 Å². The second kappa shape index (κ2) is 5.56. The van der Waals surface area contributed by atoms with Crippen molar-refractivity contribution < 1.29 is 9.63 Å². The maximum atomic E-state index is 11.4. The molecule has 92 valence electrons. The highest BCUT2D eigenvalue weighted by Crippen LogP contribution is 2.09. The van der Waals surface area contributed by atoms with E-state index < -0.39 is 5.97 Å². The number of hydrogen-bond acceptors (Lipinski definition) is 6. The summed E-state index contributed by atoms with van der Waals surface area (Å²) < 4.78 is 3.53. The molecule has 2 aromatic rings. The topological polar surface area (TPSA) is 90.5 Å². The van der Waals surface area contributed by atoms with Crippen molar-refractivity contribution in [1.29, 1.82) is 0 Å². The average Bonchev–Trinajstić information content (AvgIpc) is 2.90. The Kier molecular flexibility index (Phi) is 3.85. The van der Waals surface area contributed by atoms with Crippen molar-refractivity contribution in [3.63, 3.8) is 0 Å². The van der Waals surface area contributed by atoms with E-state index in [0.29, 0.717) is 10.6 Å². The normalized spacial score (nSPS) is 11.3. The summed E-state index contributed by atoms with van der Waals surface area (Å²) in [5.74, 6) is -0.635. The molecular weight excluding hydrogens is 276 g/mol. The first-order chi connectivity index (χ1) is 8.66. The molecule has 0 unspecified atom stereocenters. The van der Waals surface area contributed by atoms with Gasteiger partial charge in [0.1, 0.15) is 0 Å². The fourth-order valence-electron chi connectivity index (χ4n) is 1.06. The minimum atomic E-state index is -0.708. The Hall–Kier alpha value is -1.99. The third kappa shape index (κ3) is 3.02. The molecule has 0 aliphatic rings. The summed E-state index contributed by atoms with van der Waals surface area (Å²) in [5.41, 5.74) is 6.33. The Morgan fingerprint density at radius 2 is 2.11 bits per heavy atom. The third-order valence-corrected chi connectivity index (χ3v) is 2.69. The molecule has 0 fully saturated rings. The van der Waals surface area contributed by atoms with E-state index in [4.69, 9.17) is 17.3 Å². The molecule has 18 heavy (non-hydrogen) atoms. The van der Waals surface area contributed by atoms with Gasteiger partial charge < -0.3 is 10.6 Å². The van der Waals surface area contributed by atoms with Gasteiger partial charge in [0, 0.05) is 16.0 Å². The minimum Gasteiger partial charge on any atom is -0.380 e. The van der Waals surface area contributed by atoms with Gasteiger partial charge in [-0.2, -0.15) is 0 Å². The molecule has 0 bridgehead atoms. The molecule has 0 spiro atoms. The summed E-state index contributed by atoms with van der Waals surface area (Å²) in [6.07, 6.45) is 0. The first-order valence-electron chi connectivity index (χ1n) is 4.74. The zero-order chi connectivity index (χ0) is 13.0. The molecular formula is C10H7ClN4O2S. The summed E-state index contributed by atoms with van der Waals surface area (Å²) in [7, 11) is 0. The van der Waals surface area contributed by atoms with E-state index in [0.717, 1.165) is 11.5 Å². The van der Waals surface area contributed by atoms with Crippen molar-refractivity contribution in [3.05, 3.63) is 45.9 Å². The van der Waals surface area contributed by atoms with Crippen molar-refractivity contribution in [2.45, 2.75) is 0 Å². The monoisotopic (exact) mass is 282 g/mol. The standard InChI is InChI=1S/C10H7ClN4O2S/c11-7-3-1-6(2-4-7)9(12)14-17-10(16)8-5-18-15-13-8/h1-5H,(H2,12,14). The Bertz CT molecular complexity index is 568. The van der Waals surface area contributed by atoms with E-state index in [2.05, 4.69) is 19.6 Å². The van der Waals surface area contributed by atoms with E-state index in [1.807, 2.05) is 0 Å². The molecule has 0 atom stereocenters. The zero-order valence-electron chi connectivity index (χ0n) is 8.91. The fraction of sp³-hybridized carbons (Fsp3) is 0. The van der Waals surface area contributed by atoms with Crippen molar-refractivity contribution in [2.24, 2.45) is 10.9 Å². The Morgan fingerprint density at radius 1 is 1.39 bits per heavy atom. The number of oxime groups is 1. The van der Waals surface area contributed by atoms with E-state index in [1.54, 1.807) is 24.3 Å². The van der Waals surface area contributed by atoms with Crippen LogP contribution in [0, 0.1) is 0 Å². The van der Waals surface area contributed by atoms with Gasteiger partial charge in [0.05, 0.1) is 0 Å². The predicted molar refractivity (Wildman–Crippen MR) is 67.5 cm³/mol. The lowest BCUT2D eigenvalue weighted by molar-refractivity contribution is 0.0509. The number of nitrogens with zero attached hydrogens (tertiary/aromatic N) is 3. The maximum absolute atomic E-state index is 11.4. The van der Waals surface area contributed by atoms with Gasteiger partial charge >= 0.3 is 5.97 Å². The van der Waals surface area contributed by atoms with E-state index in [-0.39, 0.29) is 11.5 Å². The number of rotatable bonds is 3. The van der Waals surface area contributed by atoms with Gasteiger partial charge in [-0.3, -0.25) is 0 Å². The quantitative estimate of drug-likeness (QED) is 0.400. The molecule has 0 radical (unpaired) electrons. The Balaban J connectivity index is 2.05. The van der Waals surface area contributed by atoms with Crippen LogP contribution in [-0.4, -0.2) is 21.4 Å². The molecule has 0 aliphatic carbocycles. The van der Waals surface area contributed by atoms with Gasteiger partial charge in [0.2, 0.25) is 0 Å². The van der Waals surface area contributed by atoms with Crippen molar-refractivity contribution >= 4 is 34.9 Å². The van der Waals surface area contributed by atoms with Crippen LogP contribution in [-0.2, 0) is 4.84 Å². The lowest BCUT2D eigenvalue weighted by atomic mass is 10.2. The molecule has 6 nitrogen and oxygen atoms in total. The average molecular weight is 283 g/mol. The number of aromatic nitrogens is 2. The first-order valence-corrected chi connectivity index (χ1v) is 5.96. The molecule has 0 saturated carbocycles. The van der Waals surface area contributed by atoms with Gasteiger partial charge in [0.15, 0.2) is 11.5 Å². The number of carbonyl (C=O) groups is 1. The second-order valence-electron chi connectivity index (χ2n) is 3.15. The first kappa shape index (κ1) is 12.5. The molecule has 0 amide bonds. The molecule has 1 aromatic heterocycles. The Morgan fingerprint density at radius 3 is 2.72 bits per heavy atom. The highest BCUT2D eigenvalue weighted by atomic mass is 35.5. The summed E-state index contributed by atoms with van der Waals surface area (Å²) in [4.78, 5) is 16.0. The molecule has 1 heterocycles. The number of nitrogens with two attached hydrogens (primary N) is 1. The molecule has 2 rings (SSSR count). The van der Waals surface area contributed by atoms with Gasteiger partial charge in [-0.05, 0) is 35.8 Å². The molecule has 1 aromatic carbocycles. The van der Waals surface area contributed by atoms with Crippen LogP contribution >= 0.6 is 23.1 Å². The van der Waals surface area contributed by atoms with Crippen molar-refractivity contribution in [1.82, 2.24) is 9.59 Å². The number of amidine groups is 1. The zero-order valence-corrected chi connectivity index (χ0v) is 10.5. The van der Waals surface area contributed by atoms with Gasteiger partial charge in [-0.25, -0.2) is 4.79 Å². The van der Waals surface area contributed by atoms with E-state index >= 15 is 0 Å². The van der Waals surface area contributed by atoms with Crippen molar-refractivity contribution in [3.8, 4) is 0 Å². The SMILES string of the molecule is N/C(=N/OC(=O)c1csnn1)c1ccc(Cl)cc1. The van der Waals surface area contributed by atoms with Gasteiger partial charge in [-0.15, -0.1) is 5.10 Å². The summed E-state index contributed by atoms with van der Waals surface area (Å²) >= 11 is 6.78. The van der Waals surface area contributed by atoms with Crippen LogP contribution in [0.15, 0.2) is 34.8 Å². The maximum Gasteiger partial charge on any atom is 0.386 e. The van der Waals surface area contributed by atoms with Crippen molar-refractivity contribution in [2.75, 3.05) is 0 Å². The number of hydrogen-bond donors (Lipinski definition) is 1. The molecule has 0 aliphatic heterocycles. The number of halogens is 1. The molecule has 8 heteroatoms. The minimum absolute atomic E-state index is 0.0724. The van der Waals surface area contributed by atoms with Crippen LogP contribution in [0.4, 0.5) is 0 Å². The van der Waals surface area contributed by atoms with E-state index in [1.165, 1.54) is 5.38 Å². The van der Waals surface area contributed by atoms with Crippen LogP contribution in [0.2, 0.25) is 5.02 Å². The predicted octanol–water partition coefficient (Wildman–Crippen LogP) is 1.67. The van der Waals surface area contributed by atoms with Crippen LogP contribution in [0.1, 0.15) is 16.1 Å². The smallest absolute Gasteiger partial charge is 0.380 e. The number of carbonyl (C=O) groups excluding carboxylic acids is 1. The summed E-state index contributed by atoms with van der Waals surface area (Å²) in [5, 5.41) is 9.10. The molecule has 0 saturated heterocycles. The van der Waals surface area contributed by atoms with Gasteiger partial charge in [-0.1, -0.05) is 21.2 Å². The lowest BCUT2D eigenvalue weighted by Crippen LogP contribution is -2.15. The lowest BCUT2D eigenvalue weighted by Gasteiger charge is -1.99. The summed E-state index contributed by atoms with van der Waals surface area (Å²) in [6, 6.07) is 6.65. The van der Waals surface area contributed by atoms with Crippen LogP contribution < -0.4 is 5.73 Å². The highest BCUT2D eigenvalue weighted by molar-refractivity contribution is 7.03. The van der Waals surface area contributed by atoms with Crippen LogP contribution in [0.25, 0.3) is 0 Å². The highest BCUT2D eigenvalue weighted by Gasteiger charge is 2.10. The Labute approximate surface area is 111 Å².